The van der Waals surface area contributed by atoms with Gasteiger partial charge in [-0.15, -0.1) is 10.2 Å². The third-order valence-corrected chi connectivity index (χ3v) is 5.57. The highest BCUT2D eigenvalue weighted by molar-refractivity contribution is 5.89. The maximum atomic E-state index is 15.3. The summed E-state index contributed by atoms with van der Waals surface area (Å²) in [6.45, 7) is -2.05. The molecule has 186 valence electrons. The molecule has 9 nitrogen and oxygen atoms in total. The first-order chi connectivity index (χ1) is 17.6. The maximum absolute atomic E-state index is 15.3. The van der Waals surface area contributed by atoms with Crippen LogP contribution in [0.1, 0.15) is 4.11 Å². The number of nitrogens with zero attached hydrogens (tertiary/aromatic N) is 7. The molecule has 4 heterocycles. The number of ether oxygens (including phenoxy) is 1. The molecular formula is C20H18F6N8O. The first-order valence-electron chi connectivity index (χ1n) is 11.6. The van der Waals surface area contributed by atoms with E-state index in [1.54, 1.807) is 0 Å². The summed E-state index contributed by atoms with van der Waals surface area (Å²) < 4.78 is 112. The van der Waals surface area contributed by atoms with Crippen LogP contribution in [0.2, 0.25) is 0 Å². The lowest BCUT2D eigenvalue weighted by atomic mass is 10.1. The topological polar surface area (TPSA) is 85.4 Å². The van der Waals surface area contributed by atoms with Gasteiger partial charge in [0.1, 0.15) is 23.6 Å². The molecule has 35 heavy (non-hydrogen) atoms. The quantitative estimate of drug-likeness (QED) is 0.419. The molecule has 1 N–H and O–H groups in total. The van der Waals surface area contributed by atoms with Gasteiger partial charge in [0, 0.05) is 6.54 Å². The fraction of sp³-hybridized carbons (Fsp3) is 0.400. The predicted octanol–water partition coefficient (Wildman–Crippen LogP) is 3.21. The van der Waals surface area contributed by atoms with Crippen molar-refractivity contribution >= 4 is 22.5 Å². The average Bonchev–Trinajstić information content (AvgIpc) is 3.38. The van der Waals surface area contributed by atoms with Crippen molar-refractivity contribution in [1.29, 1.82) is 0 Å². The number of nitrogens with one attached hydrogen (secondary N) is 1. The molecular weight excluding hydrogens is 482 g/mol. The van der Waals surface area contributed by atoms with Crippen molar-refractivity contribution in [3.63, 3.8) is 0 Å². The van der Waals surface area contributed by atoms with Crippen molar-refractivity contribution in [3.05, 3.63) is 30.2 Å². The van der Waals surface area contributed by atoms with Gasteiger partial charge in [0.25, 0.3) is 5.92 Å². The summed E-state index contributed by atoms with van der Waals surface area (Å²) in [7, 11) is -1.58. The minimum Gasteiger partial charge on any atom is -0.479 e. The first kappa shape index (κ1) is 19.7. The zero-order valence-corrected chi connectivity index (χ0v) is 17.8. The lowest BCUT2D eigenvalue weighted by Gasteiger charge is -2.19. The summed E-state index contributed by atoms with van der Waals surface area (Å²) in [4.78, 5) is 5.31. The predicted molar refractivity (Wildman–Crippen MR) is 112 cm³/mol. The normalized spacial score (nSPS) is 20.2. The molecule has 0 aliphatic carbocycles. The Bertz CT molecular complexity index is 1520. The molecule has 1 fully saturated rings. The summed E-state index contributed by atoms with van der Waals surface area (Å²) in [6.07, 6.45) is -3.76. The van der Waals surface area contributed by atoms with E-state index in [0.29, 0.717) is 4.68 Å². The standard InChI is InChI=1S/C20H18F6N8O/c1-32-7-14(19(22,23)8-32)27-18-28-17(35-2)16-15(11(21)6-33(16)30-18)10-3-4-12-13(5-10)34(31-29-12)9-20(24,25)26/h3-6,14H,7-9H2,1-2H3,(H,27,30)/t14-/m1/s1/i2D3. The van der Waals surface area contributed by atoms with Crippen molar-refractivity contribution in [1.82, 2.24) is 34.5 Å². The highest BCUT2D eigenvalue weighted by atomic mass is 19.4. The highest BCUT2D eigenvalue weighted by Gasteiger charge is 2.47. The third kappa shape index (κ3) is 4.19. The van der Waals surface area contributed by atoms with Crippen LogP contribution in [0.25, 0.3) is 27.7 Å². The molecule has 0 bridgehead atoms. The second-order valence-corrected chi connectivity index (χ2v) is 8.21. The van der Waals surface area contributed by atoms with Crippen LogP contribution < -0.4 is 10.1 Å². The van der Waals surface area contributed by atoms with Crippen molar-refractivity contribution < 1.29 is 35.2 Å². The van der Waals surface area contributed by atoms with Gasteiger partial charge >= 0.3 is 6.18 Å². The SMILES string of the molecule is [2H]C([2H])([2H])Oc1nc(N[C@@H]2CN(C)CC2(F)F)nn2cc(F)c(-c3ccc4nnn(CC(F)(F)F)c4c3)c12. The Hall–Kier alpha value is -3.62. The molecule has 4 aromatic rings. The molecule has 0 amide bonds. The zero-order chi connectivity index (χ0) is 27.6. The van der Waals surface area contributed by atoms with Crippen LogP contribution in [-0.4, -0.2) is 79.8 Å². The number of rotatable bonds is 5. The summed E-state index contributed by atoms with van der Waals surface area (Å²) >= 11 is 0. The zero-order valence-electron chi connectivity index (χ0n) is 20.8. The van der Waals surface area contributed by atoms with Crippen LogP contribution in [0, 0.1) is 5.82 Å². The number of benzene rings is 1. The molecule has 1 aliphatic heterocycles. The Balaban J connectivity index is 1.64. The van der Waals surface area contributed by atoms with Gasteiger partial charge in [-0.1, -0.05) is 11.3 Å². The van der Waals surface area contributed by atoms with Gasteiger partial charge in [-0.2, -0.15) is 18.2 Å². The van der Waals surface area contributed by atoms with Gasteiger partial charge in [0.2, 0.25) is 11.8 Å². The van der Waals surface area contributed by atoms with Gasteiger partial charge in [0.05, 0.1) is 35.0 Å². The van der Waals surface area contributed by atoms with E-state index < -0.39 is 55.9 Å². The monoisotopic (exact) mass is 503 g/mol. The van der Waals surface area contributed by atoms with Gasteiger partial charge in [-0.25, -0.2) is 22.4 Å². The number of halogens is 6. The van der Waals surface area contributed by atoms with E-state index in [2.05, 4.69) is 25.7 Å². The molecule has 1 saturated heterocycles. The smallest absolute Gasteiger partial charge is 0.408 e. The Kier molecular flexibility index (Phi) is 4.47. The number of fused-ring (bicyclic) bond motifs is 2. The van der Waals surface area contributed by atoms with Crippen LogP contribution in [0.3, 0.4) is 0 Å². The number of likely N-dealkylation sites (tertiary alicyclic amines) is 1. The van der Waals surface area contributed by atoms with E-state index in [-0.39, 0.29) is 34.2 Å². The molecule has 0 radical (unpaired) electrons. The van der Waals surface area contributed by atoms with E-state index in [4.69, 9.17) is 8.85 Å². The molecule has 1 aliphatic rings. The molecule has 1 aromatic carbocycles. The number of hydrogen-bond acceptors (Lipinski definition) is 7. The molecule has 0 saturated carbocycles. The van der Waals surface area contributed by atoms with Crippen molar-refractivity contribution in [3.8, 4) is 17.0 Å². The molecule has 0 unspecified atom stereocenters. The lowest BCUT2D eigenvalue weighted by Crippen LogP contribution is -2.38. The van der Waals surface area contributed by atoms with E-state index >= 15 is 4.39 Å². The second kappa shape index (κ2) is 7.96. The summed E-state index contributed by atoms with van der Waals surface area (Å²) in [5, 5.41) is 13.6. The van der Waals surface area contributed by atoms with E-state index in [1.807, 2.05) is 0 Å². The molecule has 15 heteroatoms. The third-order valence-electron chi connectivity index (χ3n) is 5.57. The fourth-order valence-electron chi connectivity index (χ4n) is 4.12. The van der Waals surface area contributed by atoms with Crippen molar-refractivity contribution in [2.45, 2.75) is 24.7 Å². The van der Waals surface area contributed by atoms with Gasteiger partial charge < -0.3 is 10.1 Å². The van der Waals surface area contributed by atoms with Crippen molar-refractivity contribution in [2.24, 2.45) is 0 Å². The average molecular weight is 503 g/mol. The minimum absolute atomic E-state index is 0.0203. The van der Waals surface area contributed by atoms with Gasteiger partial charge in [-0.05, 0) is 24.7 Å². The van der Waals surface area contributed by atoms with Crippen LogP contribution in [0.15, 0.2) is 24.4 Å². The number of anilines is 1. The van der Waals surface area contributed by atoms with Crippen LogP contribution >= 0.6 is 0 Å². The first-order valence-corrected chi connectivity index (χ1v) is 10.1. The van der Waals surface area contributed by atoms with Crippen LogP contribution in [-0.2, 0) is 6.54 Å². The van der Waals surface area contributed by atoms with Crippen LogP contribution in [0.4, 0.5) is 32.3 Å². The molecule has 1 atom stereocenters. The molecule has 5 rings (SSSR count). The molecule has 0 spiro atoms. The Labute approximate surface area is 197 Å². The van der Waals surface area contributed by atoms with Crippen LogP contribution in [0.5, 0.6) is 5.88 Å². The largest absolute Gasteiger partial charge is 0.479 e. The summed E-state index contributed by atoms with van der Waals surface area (Å²) in [5.41, 5.74) is -0.515. The number of hydrogen-bond donors (Lipinski definition) is 1. The highest BCUT2D eigenvalue weighted by Crippen LogP contribution is 2.36. The summed E-state index contributed by atoms with van der Waals surface area (Å²) in [5.74, 6) is -5.21. The van der Waals surface area contributed by atoms with E-state index in [1.165, 1.54) is 30.1 Å². The minimum atomic E-state index is -4.60. The number of methoxy groups -OCH3 is 1. The van der Waals surface area contributed by atoms with Gasteiger partial charge in [0.15, 0.2) is 5.82 Å². The van der Waals surface area contributed by atoms with E-state index in [0.717, 1.165) is 10.7 Å². The Morgan fingerprint density at radius 1 is 1.31 bits per heavy atom. The molecule has 3 aromatic heterocycles. The fourth-order valence-corrected chi connectivity index (χ4v) is 4.12. The number of alkyl halides is 5. The lowest BCUT2D eigenvalue weighted by molar-refractivity contribution is -0.142. The van der Waals surface area contributed by atoms with E-state index in [9.17, 15) is 22.0 Å². The number of likely N-dealkylation sites (N-methyl/N-ethyl adjacent to an activating group) is 1. The van der Waals surface area contributed by atoms with Crippen molar-refractivity contribution in [2.75, 3.05) is 32.5 Å². The number of aromatic nitrogens is 6. The Morgan fingerprint density at radius 2 is 2.11 bits per heavy atom. The Morgan fingerprint density at radius 3 is 2.80 bits per heavy atom. The summed E-state index contributed by atoms with van der Waals surface area (Å²) in [6, 6.07) is 2.43. The second-order valence-electron chi connectivity index (χ2n) is 8.21. The maximum Gasteiger partial charge on any atom is 0.408 e. The van der Waals surface area contributed by atoms with Gasteiger partial charge in [-0.3, -0.25) is 4.90 Å².